The number of benzene rings is 1. The van der Waals surface area contributed by atoms with E-state index in [2.05, 4.69) is 9.98 Å². The number of carbonyl (C=O) groups excluding carboxylic acids is 1. The number of hydrogen-bond acceptors (Lipinski definition) is 5. The van der Waals surface area contributed by atoms with Gasteiger partial charge in [0, 0.05) is 19.0 Å². The normalized spacial score (nSPS) is 13.2. The van der Waals surface area contributed by atoms with Crippen LogP contribution < -0.4 is 10.4 Å². The molecule has 1 heterocycles. The Kier molecular flexibility index (Phi) is 8.91. The molecule has 0 aliphatic carbocycles. The monoisotopic (exact) mass is 553 g/mol. The first-order valence-corrected chi connectivity index (χ1v) is 10.4. The smallest absolute Gasteiger partial charge is 0.433 e. The van der Waals surface area contributed by atoms with Crippen LogP contribution >= 0.6 is 11.6 Å². The topological polar surface area (TPSA) is 65.7 Å². The van der Waals surface area contributed by atoms with Crippen molar-refractivity contribution in [1.82, 2.24) is 9.55 Å². The van der Waals surface area contributed by atoms with Gasteiger partial charge in [0.1, 0.15) is 0 Å². The lowest BCUT2D eigenvalue weighted by Gasteiger charge is -2.17. The van der Waals surface area contributed by atoms with E-state index in [4.69, 9.17) is 21.1 Å². The number of rotatable bonds is 7. The van der Waals surface area contributed by atoms with Crippen molar-refractivity contribution >= 4 is 23.3 Å². The summed E-state index contributed by atoms with van der Waals surface area (Å²) >= 11 is 5.65. The zero-order valence-corrected chi connectivity index (χ0v) is 19.2. The van der Waals surface area contributed by atoms with E-state index in [1.165, 1.54) is 6.92 Å². The van der Waals surface area contributed by atoms with E-state index in [9.17, 15) is 44.3 Å². The molecule has 0 saturated carbocycles. The Morgan fingerprint density at radius 3 is 2.14 bits per heavy atom. The van der Waals surface area contributed by atoms with E-state index in [1.54, 1.807) is 6.92 Å². The molecule has 6 nitrogen and oxygen atoms in total. The summed E-state index contributed by atoms with van der Waals surface area (Å²) in [6, 6.07) is 0.311. The molecule has 0 aliphatic rings. The van der Waals surface area contributed by atoms with Gasteiger partial charge in [-0.2, -0.15) is 39.5 Å². The van der Waals surface area contributed by atoms with Gasteiger partial charge in [-0.1, -0.05) is 18.5 Å². The third-order valence-electron chi connectivity index (χ3n) is 4.38. The van der Waals surface area contributed by atoms with Crippen LogP contribution in [0.4, 0.5) is 45.2 Å². The molecule has 1 aromatic heterocycles. The van der Waals surface area contributed by atoms with Gasteiger partial charge in [0.2, 0.25) is 18.3 Å². The third kappa shape index (κ3) is 7.27. The predicted octanol–water partition coefficient (Wildman–Crippen LogP) is 6.52. The molecular weight excluding hydrogens is 537 g/mol. The standard InChI is InChI=1S/C20H17ClF9N3O3/c1-3-5-15(34)36-9-35-14-8-13(20(28,29)30)32-17(33(14)4-2)31-12-7-10(18(22,23)24)6-11(16(12)21)19(25,26)27/h6-8H,3-5,9H2,1-2H3. The van der Waals surface area contributed by atoms with Crippen LogP contribution in [0.25, 0.3) is 0 Å². The molecule has 0 bridgehead atoms. The zero-order chi connectivity index (χ0) is 27.5. The Balaban J connectivity index is 2.78. The summed E-state index contributed by atoms with van der Waals surface area (Å²) in [5.74, 6) is -1.34. The lowest BCUT2D eigenvalue weighted by atomic mass is 10.1. The van der Waals surface area contributed by atoms with Gasteiger partial charge in [-0.3, -0.25) is 9.36 Å². The molecule has 0 aliphatic heterocycles. The quantitative estimate of drug-likeness (QED) is 0.222. The Labute approximate surface area is 202 Å². The number of carbonyl (C=O) groups is 1. The molecule has 0 N–H and O–H groups in total. The number of halogens is 10. The second kappa shape index (κ2) is 11.0. The maximum Gasteiger partial charge on any atom is 0.433 e. The summed E-state index contributed by atoms with van der Waals surface area (Å²) in [4.78, 5) is 18.2. The highest BCUT2D eigenvalue weighted by Crippen LogP contribution is 2.43. The van der Waals surface area contributed by atoms with Gasteiger partial charge in [-0.05, 0) is 25.5 Å². The van der Waals surface area contributed by atoms with Crippen molar-refractivity contribution in [2.45, 2.75) is 51.8 Å². The SMILES string of the molecule is CCCC(=O)OCOc1cc(C(F)(F)F)nc(=Nc2cc(C(F)(F)F)cc(C(F)(F)F)c2Cl)n1CC. The summed E-state index contributed by atoms with van der Waals surface area (Å²) in [6.07, 6.45) is -15.3. The van der Waals surface area contributed by atoms with Crippen molar-refractivity contribution in [1.29, 1.82) is 0 Å². The highest BCUT2D eigenvalue weighted by atomic mass is 35.5. The van der Waals surface area contributed by atoms with Crippen molar-refractivity contribution < 1.29 is 53.8 Å². The molecule has 36 heavy (non-hydrogen) atoms. The van der Waals surface area contributed by atoms with Gasteiger partial charge in [-0.15, -0.1) is 0 Å². The third-order valence-corrected chi connectivity index (χ3v) is 4.78. The first kappa shape index (κ1) is 29.3. The summed E-state index contributed by atoms with van der Waals surface area (Å²) in [7, 11) is 0. The molecule has 0 saturated heterocycles. The molecule has 2 aromatic rings. The first-order chi connectivity index (χ1) is 16.5. The Hall–Kier alpha value is -2.97. The second-order valence-corrected chi connectivity index (χ2v) is 7.39. The van der Waals surface area contributed by atoms with Gasteiger partial charge in [0.25, 0.3) is 0 Å². The van der Waals surface area contributed by atoms with Gasteiger partial charge < -0.3 is 9.47 Å². The minimum Gasteiger partial charge on any atom is -0.442 e. The van der Waals surface area contributed by atoms with E-state index in [1.807, 2.05) is 0 Å². The highest BCUT2D eigenvalue weighted by molar-refractivity contribution is 6.33. The van der Waals surface area contributed by atoms with Crippen LogP contribution in [0.3, 0.4) is 0 Å². The van der Waals surface area contributed by atoms with Gasteiger partial charge in [0.05, 0.1) is 21.8 Å². The van der Waals surface area contributed by atoms with Crippen molar-refractivity contribution in [3.8, 4) is 5.88 Å². The van der Waals surface area contributed by atoms with Crippen molar-refractivity contribution in [2.24, 2.45) is 4.99 Å². The van der Waals surface area contributed by atoms with Gasteiger partial charge >= 0.3 is 24.5 Å². The highest BCUT2D eigenvalue weighted by Gasteiger charge is 2.39. The molecule has 0 radical (unpaired) electrons. The molecule has 2 rings (SSSR count). The molecular formula is C20H17ClF9N3O3. The summed E-state index contributed by atoms with van der Waals surface area (Å²) < 4.78 is 130. The van der Waals surface area contributed by atoms with E-state index in [0.29, 0.717) is 12.5 Å². The zero-order valence-electron chi connectivity index (χ0n) is 18.4. The molecule has 0 spiro atoms. The van der Waals surface area contributed by atoms with Crippen LogP contribution in [0, 0.1) is 0 Å². The predicted molar refractivity (Wildman–Crippen MR) is 106 cm³/mol. The van der Waals surface area contributed by atoms with Crippen molar-refractivity contribution in [3.05, 3.63) is 45.7 Å². The fraction of sp³-hybridized carbons (Fsp3) is 0.450. The molecule has 0 fully saturated rings. The van der Waals surface area contributed by atoms with Crippen molar-refractivity contribution in [3.63, 3.8) is 0 Å². The number of aromatic nitrogens is 2. The first-order valence-electron chi connectivity index (χ1n) is 9.99. The largest absolute Gasteiger partial charge is 0.442 e. The molecule has 1 aromatic carbocycles. The second-order valence-electron chi connectivity index (χ2n) is 7.01. The fourth-order valence-corrected chi connectivity index (χ4v) is 3.00. The minimum atomic E-state index is -5.33. The van der Waals surface area contributed by atoms with Gasteiger partial charge in [-0.25, -0.2) is 9.98 Å². The minimum absolute atomic E-state index is 0.00253. The molecule has 0 atom stereocenters. The van der Waals surface area contributed by atoms with Crippen LogP contribution in [0.5, 0.6) is 5.88 Å². The average molecular weight is 554 g/mol. The maximum atomic E-state index is 13.4. The van der Waals surface area contributed by atoms with Crippen LogP contribution in [0.15, 0.2) is 23.2 Å². The summed E-state index contributed by atoms with van der Waals surface area (Å²) in [6.45, 7) is 1.95. The lowest BCUT2D eigenvalue weighted by molar-refractivity contribution is -0.151. The molecule has 0 amide bonds. The molecule has 16 heteroatoms. The Morgan fingerprint density at radius 1 is 1.00 bits per heavy atom. The van der Waals surface area contributed by atoms with E-state index >= 15 is 0 Å². The van der Waals surface area contributed by atoms with Crippen LogP contribution in [-0.4, -0.2) is 22.3 Å². The Bertz CT molecular complexity index is 1170. The van der Waals surface area contributed by atoms with Crippen LogP contribution in [0.2, 0.25) is 5.02 Å². The number of ether oxygens (including phenoxy) is 2. The van der Waals surface area contributed by atoms with Gasteiger partial charge in [0.15, 0.2) is 5.69 Å². The fourth-order valence-electron chi connectivity index (χ4n) is 2.74. The summed E-state index contributed by atoms with van der Waals surface area (Å²) in [5.41, 5.74) is -7.40. The average Bonchev–Trinajstić information content (AvgIpc) is 2.72. The Morgan fingerprint density at radius 2 is 1.64 bits per heavy atom. The number of alkyl halides is 9. The number of hydrogen-bond donors (Lipinski definition) is 0. The van der Waals surface area contributed by atoms with E-state index in [-0.39, 0.29) is 25.1 Å². The number of nitrogens with zero attached hydrogens (tertiary/aromatic N) is 3. The van der Waals surface area contributed by atoms with Crippen LogP contribution in [-0.2, 0) is 34.6 Å². The molecule has 0 unspecified atom stereocenters. The lowest BCUT2D eigenvalue weighted by Crippen LogP contribution is -2.29. The maximum absolute atomic E-state index is 13.4. The van der Waals surface area contributed by atoms with E-state index in [0.717, 1.165) is 4.57 Å². The number of esters is 1. The van der Waals surface area contributed by atoms with E-state index < -0.39 is 70.3 Å². The van der Waals surface area contributed by atoms with Crippen LogP contribution in [0.1, 0.15) is 43.5 Å². The molecule has 200 valence electrons. The van der Waals surface area contributed by atoms with Crippen molar-refractivity contribution in [2.75, 3.05) is 6.79 Å². The summed E-state index contributed by atoms with van der Waals surface area (Å²) in [5, 5.41) is -1.28.